The van der Waals surface area contributed by atoms with E-state index in [1.54, 1.807) is 6.08 Å². The summed E-state index contributed by atoms with van der Waals surface area (Å²) >= 11 is 0. The van der Waals surface area contributed by atoms with E-state index in [1.807, 2.05) is 6.08 Å². The van der Waals surface area contributed by atoms with Crippen LogP contribution in [-0.4, -0.2) is 87.5 Å². The molecule has 0 saturated carbocycles. The van der Waals surface area contributed by atoms with Crippen LogP contribution in [0.5, 0.6) is 0 Å². The van der Waals surface area contributed by atoms with E-state index in [1.165, 1.54) is 135 Å². The zero-order valence-electron chi connectivity index (χ0n) is 34.7. The van der Waals surface area contributed by atoms with Gasteiger partial charge in [-0.1, -0.05) is 179 Å². The van der Waals surface area contributed by atoms with Crippen LogP contribution >= 0.6 is 0 Å². The first kappa shape index (κ1) is 50.7. The Labute approximate surface area is 330 Å². The fourth-order valence-electron chi connectivity index (χ4n) is 7.10. The highest BCUT2D eigenvalue weighted by Gasteiger charge is 2.44. The van der Waals surface area contributed by atoms with Crippen LogP contribution in [0, 0.1) is 0 Å². The topological polar surface area (TPSA) is 149 Å². The van der Waals surface area contributed by atoms with Crippen LogP contribution < -0.4 is 5.32 Å². The average Bonchev–Trinajstić information content (AvgIpc) is 3.17. The maximum atomic E-state index is 12.9. The highest BCUT2D eigenvalue weighted by molar-refractivity contribution is 5.76. The largest absolute Gasteiger partial charge is 0.394 e. The lowest BCUT2D eigenvalue weighted by molar-refractivity contribution is -0.302. The smallest absolute Gasteiger partial charge is 0.220 e. The molecule has 1 heterocycles. The Hall–Kier alpha value is -1.33. The number of ether oxygens (including phenoxy) is 2. The molecule has 0 aliphatic carbocycles. The van der Waals surface area contributed by atoms with E-state index in [2.05, 4.69) is 31.3 Å². The van der Waals surface area contributed by atoms with Crippen molar-refractivity contribution in [3.63, 3.8) is 0 Å². The number of hydrogen-bond donors (Lipinski definition) is 6. The fourth-order valence-corrected chi connectivity index (χ4v) is 7.10. The van der Waals surface area contributed by atoms with Crippen LogP contribution in [0.3, 0.4) is 0 Å². The van der Waals surface area contributed by atoms with Crippen molar-refractivity contribution in [1.82, 2.24) is 5.32 Å². The van der Waals surface area contributed by atoms with E-state index < -0.39 is 49.5 Å². The first-order valence-corrected chi connectivity index (χ1v) is 22.6. The van der Waals surface area contributed by atoms with Crippen molar-refractivity contribution in [1.29, 1.82) is 0 Å². The second-order valence-corrected chi connectivity index (χ2v) is 15.8. The third-order valence-electron chi connectivity index (χ3n) is 10.8. The van der Waals surface area contributed by atoms with Gasteiger partial charge in [-0.15, -0.1) is 0 Å². The molecule has 7 atom stereocenters. The average molecular weight is 768 g/mol. The molecule has 9 heteroatoms. The number of rotatable bonds is 37. The molecule has 9 nitrogen and oxygen atoms in total. The molecule has 0 aromatic carbocycles. The second kappa shape index (κ2) is 36.0. The van der Waals surface area contributed by atoms with Gasteiger partial charge in [0.25, 0.3) is 0 Å². The molecule has 2 unspecified atom stereocenters. The van der Waals surface area contributed by atoms with Crippen molar-refractivity contribution in [2.75, 3.05) is 13.2 Å². The van der Waals surface area contributed by atoms with E-state index in [-0.39, 0.29) is 12.5 Å². The number of carbonyl (C=O) groups is 1. The van der Waals surface area contributed by atoms with Gasteiger partial charge in [0, 0.05) is 6.42 Å². The summed E-state index contributed by atoms with van der Waals surface area (Å²) in [4.78, 5) is 12.9. The minimum Gasteiger partial charge on any atom is -0.394 e. The van der Waals surface area contributed by atoms with Crippen molar-refractivity contribution < 1.29 is 39.8 Å². The lowest BCUT2D eigenvalue weighted by Crippen LogP contribution is -2.60. The highest BCUT2D eigenvalue weighted by atomic mass is 16.7. The highest BCUT2D eigenvalue weighted by Crippen LogP contribution is 2.22. The van der Waals surface area contributed by atoms with Gasteiger partial charge in [0.15, 0.2) is 6.29 Å². The number of unbranched alkanes of at least 4 members (excludes halogenated alkanes) is 25. The summed E-state index contributed by atoms with van der Waals surface area (Å²) in [6.07, 6.45) is 35.0. The molecule has 1 saturated heterocycles. The molecular weight excluding hydrogens is 682 g/mol. The normalized spacial score (nSPS) is 21.6. The van der Waals surface area contributed by atoms with Crippen LogP contribution in [0.2, 0.25) is 0 Å². The molecule has 0 aromatic heterocycles. The molecule has 0 spiro atoms. The third kappa shape index (κ3) is 26.5. The number of amides is 1. The minimum absolute atomic E-state index is 0.179. The molecular formula is C45H85NO8. The number of nitrogens with one attached hydrogen (secondary N) is 1. The number of aliphatic hydroxyl groups excluding tert-OH is 5. The zero-order valence-corrected chi connectivity index (χ0v) is 34.7. The van der Waals surface area contributed by atoms with Crippen LogP contribution in [0.25, 0.3) is 0 Å². The fraction of sp³-hybridized carbons (Fsp3) is 0.889. The van der Waals surface area contributed by atoms with Crippen LogP contribution in [0.4, 0.5) is 0 Å². The number of carbonyl (C=O) groups excluding carboxylic acids is 1. The molecule has 1 amide bonds. The zero-order chi connectivity index (χ0) is 39.5. The molecule has 1 fully saturated rings. The molecule has 1 rings (SSSR count). The van der Waals surface area contributed by atoms with Crippen molar-refractivity contribution in [2.24, 2.45) is 0 Å². The van der Waals surface area contributed by atoms with Gasteiger partial charge in [-0.3, -0.25) is 4.79 Å². The third-order valence-corrected chi connectivity index (χ3v) is 10.8. The lowest BCUT2D eigenvalue weighted by atomic mass is 9.99. The summed E-state index contributed by atoms with van der Waals surface area (Å²) in [6, 6.07) is -0.803. The Morgan fingerprint density at radius 2 is 1.07 bits per heavy atom. The van der Waals surface area contributed by atoms with Gasteiger partial charge in [0.1, 0.15) is 24.4 Å². The molecule has 1 aliphatic rings. The van der Waals surface area contributed by atoms with Gasteiger partial charge in [0.05, 0.1) is 25.4 Å². The van der Waals surface area contributed by atoms with Gasteiger partial charge in [0.2, 0.25) is 5.91 Å². The van der Waals surface area contributed by atoms with Crippen LogP contribution in [-0.2, 0) is 14.3 Å². The molecule has 0 bridgehead atoms. The second-order valence-electron chi connectivity index (χ2n) is 15.8. The standard InChI is InChI=1S/C45H85NO8/c1-3-5-7-9-11-13-15-17-18-19-20-21-23-25-27-29-31-33-35-41(49)46-38(37-53-45-44(52)43(51)42(50)40(36-47)54-45)39(48)34-32-30-28-26-24-22-16-14-12-10-8-6-4-2/h8,10,32,34,38-40,42-45,47-48,50-52H,3-7,9,11-31,33,35-37H2,1-2H3,(H,46,49)/b10-8-,34-32+/t38-,39+,40+,42+,43?,44?,45+/m0/s1. The van der Waals surface area contributed by atoms with E-state index in [0.717, 1.165) is 44.9 Å². The van der Waals surface area contributed by atoms with Crippen LogP contribution in [0.1, 0.15) is 200 Å². The molecule has 1 aliphatic heterocycles. The molecule has 0 radical (unpaired) electrons. The van der Waals surface area contributed by atoms with Crippen LogP contribution in [0.15, 0.2) is 24.3 Å². The summed E-state index contributed by atoms with van der Waals surface area (Å²) in [5, 5.41) is 54.1. The predicted molar refractivity (Wildman–Crippen MR) is 221 cm³/mol. The van der Waals surface area contributed by atoms with E-state index in [9.17, 15) is 30.3 Å². The Kier molecular flexibility index (Phi) is 33.8. The molecule has 6 N–H and O–H groups in total. The molecule has 318 valence electrons. The molecule has 0 aromatic rings. The summed E-state index contributed by atoms with van der Waals surface area (Å²) in [7, 11) is 0. The Balaban J connectivity index is 2.34. The number of allylic oxidation sites excluding steroid dienone is 3. The Bertz CT molecular complexity index is 899. The van der Waals surface area contributed by atoms with Crippen molar-refractivity contribution in [3.05, 3.63) is 24.3 Å². The summed E-state index contributed by atoms with van der Waals surface area (Å²) in [5.41, 5.74) is 0. The van der Waals surface area contributed by atoms with Gasteiger partial charge < -0.3 is 40.3 Å². The predicted octanol–water partition coefficient (Wildman–Crippen LogP) is 9.11. The van der Waals surface area contributed by atoms with E-state index >= 15 is 0 Å². The summed E-state index contributed by atoms with van der Waals surface area (Å²) < 4.78 is 11.2. The minimum atomic E-state index is -1.56. The van der Waals surface area contributed by atoms with E-state index in [0.29, 0.717) is 6.42 Å². The quantitative estimate of drug-likeness (QED) is 0.0271. The Morgan fingerprint density at radius 3 is 1.57 bits per heavy atom. The summed E-state index contributed by atoms with van der Waals surface area (Å²) in [5.74, 6) is -0.179. The van der Waals surface area contributed by atoms with E-state index in [4.69, 9.17) is 9.47 Å². The molecule has 54 heavy (non-hydrogen) atoms. The summed E-state index contributed by atoms with van der Waals surface area (Å²) in [6.45, 7) is 3.72. The van der Waals surface area contributed by atoms with Crippen molar-refractivity contribution in [2.45, 2.75) is 243 Å². The number of aliphatic hydroxyl groups is 5. The Morgan fingerprint density at radius 1 is 0.611 bits per heavy atom. The maximum Gasteiger partial charge on any atom is 0.220 e. The van der Waals surface area contributed by atoms with Gasteiger partial charge in [-0.2, -0.15) is 0 Å². The van der Waals surface area contributed by atoms with Gasteiger partial charge in [-0.25, -0.2) is 0 Å². The van der Waals surface area contributed by atoms with Crippen molar-refractivity contribution in [3.8, 4) is 0 Å². The monoisotopic (exact) mass is 768 g/mol. The van der Waals surface area contributed by atoms with Gasteiger partial charge >= 0.3 is 0 Å². The lowest BCUT2D eigenvalue weighted by Gasteiger charge is -2.40. The first-order valence-electron chi connectivity index (χ1n) is 22.6. The van der Waals surface area contributed by atoms with Crippen molar-refractivity contribution >= 4 is 5.91 Å². The SMILES string of the molecule is CCC/C=C\CCCCCCCC/C=C/[C@@H](O)[C@H](CO[C@@H]1O[C@H](CO)[C@@H](O)C(O)C1O)NC(=O)CCCCCCCCCCCCCCCCCCCC. The number of hydrogen-bond acceptors (Lipinski definition) is 8. The van der Waals surface area contributed by atoms with Gasteiger partial charge in [-0.05, 0) is 38.5 Å². The maximum absolute atomic E-state index is 12.9. The first-order chi connectivity index (χ1) is 26.3.